The Kier molecular flexibility index (Phi) is 4.82. The van der Waals surface area contributed by atoms with Crippen LogP contribution < -0.4 is 0 Å². The molecule has 4 rings (SSSR count). The van der Waals surface area contributed by atoms with Gasteiger partial charge in [-0.15, -0.1) is 0 Å². The van der Waals surface area contributed by atoms with Gasteiger partial charge in [-0.05, 0) is 51.7 Å². The zero-order valence-electron chi connectivity index (χ0n) is 15.2. The van der Waals surface area contributed by atoms with Crippen LogP contribution in [0, 0.1) is 0 Å². The zero-order chi connectivity index (χ0) is 18.3. The van der Waals surface area contributed by atoms with Crippen molar-refractivity contribution >= 4 is 11.8 Å². The fraction of sp³-hybridized carbons (Fsp3) is 0.600. The third kappa shape index (κ3) is 3.17. The minimum atomic E-state index is -0.315. The van der Waals surface area contributed by atoms with E-state index in [9.17, 15) is 9.59 Å². The summed E-state index contributed by atoms with van der Waals surface area (Å²) in [5, 5.41) is 0. The Labute approximate surface area is 153 Å². The third-order valence-electron chi connectivity index (χ3n) is 5.53. The average molecular weight is 359 g/mol. The summed E-state index contributed by atoms with van der Waals surface area (Å²) < 4.78 is 17.9. The van der Waals surface area contributed by atoms with Crippen molar-refractivity contribution in [1.29, 1.82) is 0 Å². The van der Waals surface area contributed by atoms with Crippen molar-refractivity contribution in [2.45, 2.75) is 70.2 Å². The highest BCUT2D eigenvalue weighted by Gasteiger charge is 2.44. The molecule has 0 saturated carbocycles. The van der Waals surface area contributed by atoms with Gasteiger partial charge in [-0.3, -0.25) is 14.5 Å². The Morgan fingerprint density at radius 3 is 2.42 bits per heavy atom. The van der Waals surface area contributed by atoms with Gasteiger partial charge >= 0.3 is 0 Å². The van der Waals surface area contributed by atoms with Crippen molar-refractivity contribution in [2.24, 2.45) is 0 Å². The van der Waals surface area contributed by atoms with Gasteiger partial charge in [0.05, 0.1) is 42.1 Å². The second-order valence-electron chi connectivity index (χ2n) is 7.44. The van der Waals surface area contributed by atoms with Crippen LogP contribution in [-0.4, -0.2) is 54.0 Å². The molecule has 6 nitrogen and oxygen atoms in total. The number of hydrogen-bond donors (Lipinski definition) is 0. The SMILES string of the molecule is CC1CCCC(OC2CC(N3C(=O)c4ccccc4C3=O)COC2C)O1. The summed E-state index contributed by atoms with van der Waals surface area (Å²) in [7, 11) is 0. The number of amides is 2. The summed E-state index contributed by atoms with van der Waals surface area (Å²) in [5.74, 6) is -0.481. The molecule has 2 amide bonds. The summed E-state index contributed by atoms with van der Waals surface area (Å²) in [6.45, 7) is 4.36. The minimum absolute atomic E-state index is 0.0951. The lowest BCUT2D eigenvalue weighted by molar-refractivity contribution is -0.241. The second kappa shape index (κ2) is 7.10. The molecule has 6 heteroatoms. The standard InChI is InChI=1S/C20H25NO5/c1-12-6-5-9-18(25-12)26-17-10-14(11-24-13(17)2)21-19(22)15-7-3-4-8-16(15)20(21)23/h3-4,7-8,12-14,17-18H,5-6,9-11H2,1-2H3. The molecule has 2 fully saturated rings. The molecule has 0 spiro atoms. The number of hydrogen-bond acceptors (Lipinski definition) is 5. The fourth-order valence-corrected chi connectivity index (χ4v) is 4.05. The molecule has 26 heavy (non-hydrogen) atoms. The predicted molar refractivity (Wildman–Crippen MR) is 93.8 cm³/mol. The number of rotatable bonds is 3. The van der Waals surface area contributed by atoms with E-state index in [1.54, 1.807) is 24.3 Å². The van der Waals surface area contributed by atoms with Crippen LogP contribution in [0.2, 0.25) is 0 Å². The van der Waals surface area contributed by atoms with Gasteiger partial charge in [0.1, 0.15) is 0 Å². The lowest BCUT2D eigenvalue weighted by atomic mass is 10.0. The Hall–Kier alpha value is -1.76. The van der Waals surface area contributed by atoms with Crippen LogP contribution in [0.1, 0.15) is 60.2 Å². The molecule has 140 valence electrons. The average Bonchev–Trinajstić information content (AvgIpc) is 2.89. The van der Waals surface area contributed by atoms with Crippen LogP contribution in [0.3, 0.4) is 0 Å². The topological polar surface area (TPSA) is 65.1 Å². The largest absolute Gasteiger partial charge is 0.374 e. The molecule has 0 aliphatic carbocycles. The molecule has 3 aliphatic rings. The summed E-state index contributed by atoms with van der Waals surface area (Å²) in [5.41, 5.74) is 0.941. The van der Waals surface area contributed by atoms with Crippen molar-refractivity contribution in [3.8, 4) is 0 Å². The summed E-state index contributed by atoms with van der Waals surface area (Å²) >= 11 is 0. The van der Waals surface area contributed by atoms with E-state index in [4.69, 9.17) is 14.2 Å². The highest BCUT2D eigenvalue weighted by molar-refractivity contribution is 6.21. The number of nitrogens with zero attached hydrogens (tertiary/aromatic N) is 1. The number of imide groups is 1. The molecular weight excluding hydrogens is 334 g/mol. The summed E-state index contributed by atoms with van der Waals surface area (Å²) in [4.78, 5) is 26.8. The van der Waals surface area contributed by atoms with E-state index in [-0.39, 0.29) is 42.5 Å². The normalized spacial score (nSPS) is 34.8. The molecule has 0 N–H and O–H groups in total. The van der Waals surface area contributed by atoms with Crippen molar-refractivity contribution in [1.82, 2.24) is 4.90 Å². The monoisotopic (exact) mass is 359 g/mol. The van der Waals surface area contributed by atoms with Crippen LogP contribution in [-0.2, 0) is 14.2 Å². The fourth-order valence-electron chi connectivity index (χ4n) is 4.05. The maximum atomic E-state index is 12.7. The molecule has 3 heterocycles. The van der Waals surface area contributed by atoms with Gasteiger partial charge in [-0.25, -0.2) is 0 Å². The number of carbonyl (C=O) groups excluding carboxylic acids is 2. The maximum absolute atomic E-state index is 12.7. The van der Waals surface area contributed by atoms with Crippen LogP contribution in [0.25, 0.3) is 0 Å². The molecule has 0 radical (unpaired) electrons. The first kappa shape index (κ1) is 17.6. The first-order valence-electron chi connectivity index (χ1n) is 9.44. The van der Waals surface area contributed by atoms with Crippen molar-refractivity contribution in [3.05, 3.63) is 35.4 Å². The van der Waals surface area contributed by atoms with Crippen molar-refractivity contribution in [2.75, 3.05) is 6.61 Å². The van der Waals surface area contributed by atoms with Gasteiger partial charge in [-0.1, -0.05) is 12.1 Å². The molecule has 5 unspecified atom stereocenters. The lowest BCUT2D eigenvalue weighted by Crippen LogP contribution is -2.52. The number of benzene rings is 1. The van der Waals surface area contributed by atoms with Crippen molar-refractivity contribution in [3.63, 3.8) is 0 Å². The van der Waals surface area contributed by atoms with E-state index in [1.165, 1.54) is 4.90 Å². The van der Waals surface area contributed by atoms with Gasteiger partial charge in [-0.2, -0.15) is 0 Å². The minimum Gasteiger partial charge on any atom is -0.374 e. The first-order chi connectivity index (χ1) is 12.5. The highest BCUT2D eigenvalue weighted by atomic mass is 16.7. The molecule has 0 bridgehead atoms. The number of ether oxygens (including phenoxy) is 3. The second-order valence-corrected chi connectivity index (χ2v) is 7.44. The molecule has 0 aromatic heterocycles. The molecule has 1 aromatic carbocycles. The highest BCUT2D eigenvalue weighted by Crippen LogP contribution is 2.31. The van der Waals surface area contributed by atoms with Gasteiger partial charge in [0.2, 0.25) is 0 Å². The van der Waals surface area contributed by atoms with Crippen LogP contribution in [0.4, 0.5) is 0 Å². The number of carbonyl (C=O) groups is 2. The van der Waals surface area contributed by atoms with Gasteiger partial charge in [0.15, 0.2) is 6.29 Å². The van der Waals surface area contributed by atoms with E-state index < -0.39 is 0 Å². The Balaban J connectivity index is 1.47. The third-order valence-corrected chi connectivity index (χ3v) is 5.53. The van der Waals surface area contributed by atoms with Crippen LogP contribution >= 0.6 is 0 Å². The molecular formula is C20H25NO5. The van der Waals surface area contributed by atoms with Gasteiger partial charge in [0.25, 0.3) is 11.8 Å². The van der Waals surface area contributed by atoms with Crippen molar-refractivity contribution < 1.29 is 23.8 Å². The van der Waals surface area contributed by atoms with E-state index in [2.05, 4.69) is 6.92 Å². The van der Waals surface area contributed by atoms with E-state index in [0.29, 0.717) is 24.2 Å². The maximum Gasteiger partial charge on any atom is 0.261 e. The van der Waals surface area contributed by atoms with Crippen LogP contribution in [0.5, 0.6) is 0 Å². The molecule has 3 aliphatic heterocycles. The lowest BCUT2D eigenvalue weighted by Gasteiger charge is -2.40. The van der Waals surface area contributed by atoms with E-state index >= 15 is 0 Å². The Morgan fingerprint density at radius 1 is 1.08 bits per heavy atom. The van der Waals surface area contributed by atoms with Gasteiger partial charge in [0, 0.05) is 0 Å². The summed E-state index contributed by atoms with van der Waals surface area (Å²) in [6, 6.07) is 6.64. The predicted octanol–water partition coefficient (Wildman–Crippen LogP) is 2.76. The summed E-state index contributed by atoms with van der Waals surface area (Å²) in [6.07, 6.45) is 3.22. The Bertz CT molecular complexity index is 670. The zero-order valence-corrected chi connectivity index (χ0v) is 15.2. The molecule has 2 saturated heterocycles. The smallest absolute Gasteiger partial charge is 0.261 e. The molecule has 1 aromatic rings. The first-order valence-corrected chi connectivity index (χ1v) is 9.44. The van der Waals surface area contributed by atoms with Crippen LogP contribution in [0.15, 0.2) is 24.3 Å². The Morgan fingerprint density at radius 2 is 1.77 bits per heavy atom. The number of fused-ring (bicyclic) bond motifs is 1. The molecule has 5 atom stereocenters. The van der Waals surface area contributed by atoms with E-state index in [0.717, 1.165) is 19.3 Å². The quantitative estimate of drug-likeness (QED) is 0.777. The van der Waals surface area contributed by atoms with Gasteiger partial charge < -0.3 is 14.2 Å². The van der Waals surface area contributed by atoms with E-state index in [1.807, 2.05) is 6.92 Å².